The lowest BCUT2D eigenvalue weighted by molar-refractivity contribution is 0.827. The Hall–Kier alpha value is -2.10. The number of aromatic nitrogens is 2. The summed E-state index contributed by atoms with van der Waals surface area (Å²) in [6.07, 6.45) is 4.81. The van der Waals surface area contributed by atoms with Crippen LogP contribution in [0, 0.1) is 0 Å². The van der Waals surface area contributed by atoms with E-state index in [1.807, 2.05) is 6.07 Å². The van der Waals surface area contributed by atoms with Gasteiger partial charge in [-0.05, 0) is 19.3 Å². The highest BCUT2D eigenvalue weighted by Crippen LogP contribution is 2.24. The number of nitrogens with zero attached hydrogens (tertiary/aromatic N) is 3. The van der Waals surface area contributed by atoms with E-state index in [9.17, 15) is 0 Å². The molecule has 1 saturated heterocycles. The van der Waals surface area contributed by atoms with Crippen LogP contribution in [0.15, 0.2) is 36.4 Å². The Bertz CT molecular complexity index is 591. The van der Waals surface area contributed by atoms with Crippen LogP contribution in [-0.2, 0) is 0 Å². The van der Waals surface area contributed by atoms with Gasteiger partial charge in [0.25, 0.3) is 0 Å². The Labute approximate surface area is 132 Å². The van der Waals surface area contributed by atoms with Crippen LogP contribution in [-0.4, -0.2) is 29.6 Å². The van der Waals surface area contributed by atoms with Gasteiger partial charge in [-0.3, -0.25) is 0 Å². The second-order valence-corrected chi connectivity index (χ2v) is 5.78. The summed E-state index contributed by atoms with van der Waals surface area (Å²) in [5, 5.41) is 3.44. The van der Waals surface area contributed by atoms with Crippen LogP contribution in [0.2, 0.25) is 0 Å². The predicted molar refractivity (Wildman–Crippen MR) is 92.3 cm³/mol. The van der Waals surface area contributed by atoms with Gasteiger partial charge in [-0.15, -0.1) is 0 Å². The van der Waals surface area contributed by atoms with E-state index in [0.29, 0.717) is 0 Å². The number of benzene rings is 1. The molecule has 2 aromatic rings. The van der Waals surface area contributed by atoms with E-state index in [4.69, 9.17) is 9.97 Å². The summed E-state index contributed by atoms with van der Waals surface area (Å²) in [5.74, 6) is 1.79. The summed E-state index contributed by atoms with van der Waals surface area (Å²) in [5.41, 5.74) is 2.14. The topological polar surface area (TPSA) is 41.1 Å². The van der Waals surface area contributed by atoms with Crippen molar-refractivity contribution in [3.8, 4) is 11.3 Å². The monoisotopic (exact) mass is 296 g/mol. The molecule has 1 aliphatic heterocycles. The minimum absolute atomic E-state index is 0.859. The fraction of sp³-hybridized carbons (Fsp3) is 0.444. The number of hydrogen-bond acceptors (Lipinski definition) is 4. The lowest BCUT2D eigenvalue weighted by atomic mass is 10.1. The summed E-state index contributed by atoms with van der Waals surface area (Å²) in [6, 6.07) is 12.4. The van der Waals surface area contributed by atoms with Crippen LogP contribution in [0.5, 0.6) is 0 Å². The molecule has 0 radical (unpaired) electrons. The number of anilines is 2. The maximum atomic E-state index is 4.79. The van der Waals surface area contributed by atoms with Gasteiger partial charge in [0, 0.05) is 31.3 Å². The Kier molecular flexibility index (Phi) is 4.88. The van der Waals surface area contributed by atoms with Gasteiger partial charge in [0.2, 0.25) is 5.95 Å². The fourth-order valence-electron chi connectivity index (χ4n) is 2.73. The van der Waals surface area contributed by atoms with E-state index in [1.165, 1.54) is 19.3 Å². The standard InChI is InChI=1S/C18H24N4/c1-2-3-11-19-17-14-16(15-9-5-4-6-10-15)20-18(21-17)22-12-7-8-13-22/h4-6,9-10,14H,2-3,7-8,11-13H2,1H3,(H,19,20,21). The van der Waals surface area contributed by atoms with Crippen molar-refractivity contribution in [1.82, 2.24) is 9.97 Å². The molecular formula is C18H24N4. The van der Waals surface area contributed by atoms with Crippen molar-refractivity contribution in [2.24, 2.45) is 0 Å². The molecule has 22 heavy (non-hydrogen) atoms. The summed E-state index contributed by atoms with van der Waals surface area (Å²) >= 11 is 0. The van der Waals surface area contributed by atoms with Crippen molar-refractivity contribution in [3.63, 3.8) is 0 Å². The van der Waals surface area contributed by atoms with Gasteiger partial charge in [0.15, 0.2) is 0 Å². The Morgan fingerprint density at radius 3 is 2.59 bits per heavy atom. The molecule has 3 rings (SSSR count). The van der Waals surface area contributed by atoms with E-state index in [2.05, 4.69) is 47.5 Å². The predicted octanol–water partition coefficient (Wildman–Crippen LogP) is 3.96. The molecule has 0 amide bonds. The second-order valence-electron chi connectivity index (χ2n) is 5.78. The summed E-state index contributed by atoms with van der Waals surface area (Å²) < 4.78 is 0. The molecule has 4 nitrogen and oxygen atoms in total. The third-order valence-electron chi connectivity index (χ3n) is 4.01. The molecule has 2 heterocycles. The molecule has 1 N–H and O–H groups in total. The molecule has 1 fully saturated rings. The molecule has 0 unspecified atom stereocenters. The first kappa shape index (κ1) is 14.8. The lowest BCUT2D eigenvalue weighted by Crippen LogP contribution is -2.21. The SMILES string of the molecule is CCCCNc1cc(-c2ccccc2)nc(N2CCCC2)n1. The Balaban J connectivity index is 1.90. The Morgan fingerprint density at radius 1 is 1.09 bits per heavy atom. The minimum atomic E-state index is 0.859. The molecule has 0 spiro atoms. The van der Waals surface area contributed by atoms with Gasteiger partial charge >= 0.3 is 0 Å². The van der Waals surface area contributed by atoms with Crippen molar-refractivity contribution >= 4 is 11.8 Å². The van der Waals surface area contributed by atoms with Gasteiger partial charge in [-0.2, -0.15) is 4.98 Å². The van der Waals surface area contributed by atoms with Gasteiger partial charge in [-0.1, -0.05) is 43.7 Å². The van der Waals surface area contributed by atoms with E-state index >= 15 is 0 Å². The maximum absolute atomic E-state index is 4.79. The van der Waals surface area contributed by atoms with Crippen LogP contribution in [0.3, 0.4) is 0 Å². The summed E-state index contributed by atoms with van der Waals surface area (Å²) in [4.78, 5) is 11.8. The lowest BCUT2D eigenvalue weighted by Gasteiger charge is -2.17. The van der Waals surface area contributed by atoms with E-state index in [-0.39, 0.29) is 0 Å². The van der Waals surface area contributed by atoms with Crippen LogP contribution in [0.1, 0.15) is 32.6 Å². The first-order valence-corrected chi connectivity index (χ1v) is 8.30. The van der Waals surface area contributed by atoms with Crippen molar-refractivity contribution in [1.29, 1.82) is 0 Å². The first-order valence-electron chi connectivity index (χ1n) is 8.30. The van der Waals surface area contributed by atoms with Gasteiger partial charge in [0.1, 0.15) is 5.82 Å². The maximum Gasteiger partial charge on any atom is 0.227 e. The van der Waals surface area contributed by atoms with Crippen LogP contribution < -0.4 is 10.2 Å². The minimum Gasteiger partial charge on any atom is -0.370 e. The van der Waals surface area contributed by atoms with E-state index in [1.54, 1.807) is 0 Å². The quantitative estimate of drug-likeness (QED) is 0.819. The smallest absolute Gasteiger partial charge is 0.227 e. The molecule has 4 heteroatoms. The average Bonchev–Trinajstić information content (AvgIpc) is 3.10. The van der Waals surface area contributed by atoms with Crippen LogP contribution in [0.25, 0.3) is 11.3 Å². The van der Waals surface area contributed by atoms with E-state index in [0.717, 1.165) is 49.1 Å². The molecule has 116 valence electrons. The van der Waals surface area contributed by atoms with Gasteiger partial charge in [0.05, 0.1) is 5.69 Å². The van der Waals surface area contributed by atoms with Gasteiger partial charge < -0.3 is 10.2 Å². The normalized spacial score (nSPS) is 14.3. The van der Waals surface area contributed by atoms with Crippen molar-refractivity contribution in [2.75, 3.05) is 29.9 Å². The van der Waals surface area contributed by atoms with Crippen LogP contribution >= 0.6 is 0 Å². The highest BCUT2D eigenvalue weighted by Gasteiger charge is 2.17. The third kappa shape index (κ3) is 3.56. The van der Waals surface area contributed by atoms with Crippen molar-refractivity contribution < 1.29 is 0 Å². The van der Waals surface area contributed by atoms with E-state index < -0.39 is 0 Å². The molecular weight excluding hydrogens is 272 g/mol. The molecule has 0 aliphatic carbocycles. The highest BCUT2D eigenvalue weighted by molar-refractivity contribution is 5.64. The molecule has 1 aliphatic rings. The molecule has 0 atom stereocenters. The van der Waals surface area contributed by atoms with Gasteiger partial charge in [-0.25, -0.2) is 4.98 Å². The fourth-order valence-corrected chi connectivity index (χ4v) is 2.73. The van der Waals surface area contributed by atoms with Crippen LogP contribution in [0.4, 0.5) is 11.8 Å². The summed E-state index contributed by atoms with van der Waals surface area (Å²) in [7, 11) is 0. The first-order chi connectivity index (χ1) is 10.9. The molecule has 1 aromatic heterocycles. The number of rotatable bonds is 6. The average molecular weight is 296 g/mol. The zero-order valence-electron chi connectivity index (χ0n) is 13.3. The molecule has 0 bridgehead atoms. The zero-order valence-corrected chi connectivity index (χ0v) is 13.3. The van der Waals surface area contributed by atoms with Crippen molar-refractivity contribution in [2.45, 2.75) is 32.6 Å². The highest BCUT2D eigenvalue weighted by atomic mass is 15.3. The third-order valence-corrected chi connectivity index (χ3v) is 4.01. The van der Waals surface area contributed by atoms with Crippen molar-refractivity contribution in [3.05, 3.63) is 36.4 Å². The Morgan fingerprint density at radius 2 is 1.86 bits per heavy atom. The second kappa shape index (κ2) is 7.25. The number of nitrogens with one attached hydrogen (secondary N) is 1. The molecule has 0 saturated carbocycles. The number of unbranched alkanes of at least 4 members (excludes halogenated alkanes) is 1. The number of hydrogen-bond donors (Lipinski definition) is 1. The molecule has 1 aromatic carbocycles. The summed E-state index contributed by atoms with van der Waals surface area (Å²) in [6.45, 7) is 5.28. The zero-order chi connectivity index (χ0) is 15.2. The largest absolute Gasteiger partial charge is 0.370 e.